The number of hydrogen-bond acceptors (Lipinski definition) is 5. The molecule has 0 spiro atoms. The summed E-state index contributed by atoms with van der Waals surface area (Å²) < 4.78 is 0. The Balaban J connectivity index is 1.79. The Kier molecular flexibility index (Phi) is 3.52. The summed E-state index contributed by atoms with van der Waals surface area (Å²) in [6.45, 7) is 5.58. The largest absolute Gasteiger partial charge is 0.354 e. The lowest BCUT2D eigenvalue weighted by atomic mass is 10.2. The molecule has 0 aromatic carbocycles. The van der Waals surface area contributed by atoms with Crippen molar-refractivity contribution in [3.8, 4) is 0 Å². The van der Waals surface area contributed by atoms with Crippen LogP contribution in [-0.2, 0) is 0 Å². The van der Waals surface area contributed by atoms with Crippen LogP contribution in [0.3, 0.4) is 0 Å². The van der Waals surface area contributed by atoms with Crippen molar-refractivity contribution in [1.82, 2.24) is 20.2 Å². The average molecular weight is 297 g/mol. The molecule has 0 aliphatic carbocycles. The van der Waals surface area contributed by atoms with Gasteiger partial charge in [-0.25, -0.2) is 9.78 Å². The van der Waals surface area contributed by atoms with Gasteiger partial charge in [-0.05, 0) is 6.92 Å². The fourth-order valence-corrected chi connectivity index (χ4v) is 2.83. The Hall–Kier alpha value is -1.76. The number of aromatic nitrogens is 2. The molecular weight excluding hydrogens is 280 g/mol. The van der Waals surface area contributed by atoms with E-state index in [0.29, 0.717) is 24.1 Å². The first-order valence-corrected chi connectivity index (χ1v) is 7.12. The summed E-state index contributed by atoms with van der Waals surface area (Å²) in [5.41, 5.74) is 0. The van der Waals surface area contributed by atoms with Crippen LogP contribution >= 0.6 is 11.6 Å². The normalized spacial score (nSPS) is 21.7. The van der Waals surface area contributed by atoms with Gasteiger partial charge in [0.15, 0.2) is 5.82 Å². The van der Waals surface area contributed by atoms with Crippen LogP contribution in [0.4, 0.5) is 16.6 Å². The average Bonchev–Trinajstić information content (AvgIpc) is 2.82. The molecule has 2 aliphatic heterocycles. The van der Waals surface area contributed by atoms with Crippen LogP contribution < -0.4 is 15.5 Å². The molecular formula is C12H17ClN6O. The summed E-state index contributed by atoms with van der Waals surface area (Å²) in [7, 11) is 0. The topological polar surface area (TPSA) is 73.4 Å². The molecule has 20 heavy (non-hydrogen) atoms. The highest BCUT2D eigenvalue weighted by Gasteiger charge is 2.36. The van der Waals surface area contributed by atoms with Gasteiger partial charge in [0.1, 0.15) is 5.02 Å². The molecule has 3 rings (SSSR count). The zero-order chi connectivity index (χ0) is 14.1. The van der Waals surface area contributed by atoms with Gasteiger partial charge >= 0.3 is 6.03 Å². The highest BCUT2D eigenvalue weighted by Crippen LogP contribution is 2.26. The highest BCUT2D eigenvalue weighted by molar-refractivity contribution is 6.32. The van der Waals surface area contributed by atoms with Gasteiger partial charge in [0.25, 0.3) is 0 Å². The quantitative estimate of drug-likeness (QED) is 0.862. The van der Waals surface area contributed by atoms with Crippen LogP contribution in [0, 0.1) is 0 Å². The Morgan fingerprint density at radius 3 is 3.20 bits per heavy atom. The number of halogens is 1. The predicted octanol–water partition coefficient (Wildman–Crippen LogP) is 0.776. The van der Waals surface area contributed by atoms with Crippen molar-refractivity contribution < 1.29 is 4.79 Å². The van der Waals surface area contributed by atoms with E-state index in [0.717, 1.165) is 25.5 Å². The van der Waals surface area contributed by atoms with Crippen molar-refractivity contribution in [2.24, 2.45) is 0 Å². The van der Waals surface area contributed by atoms with Crippen LogP contribution in [-0.4, -0.2) is 59.7 Å². The first-order chi connectivity index (χ1) is 9.69. The number of urea groups is 1. The molecule has 0 bridgehead atoms. The maximum atomic E-state index is 11.6. The van der Waals surface area contributed by atoms with Gasteiger partial charge < -0.3 is 20.4 Å². The third-order valence-corrected chi connectivity index (χ3v) is 3.86. The van der Waals surface area contributed by atoms with Crippen molar-refractivity contribution in [2.45, 2.75) is 13.0 Å². The molecule has 2 aliphatic rings. The number of carbonyl (C=O) groups is 1. The van der Waals surface area contributed by atoms with E-state index in [9.17, 15) is 4.79 Å². The number of nitrogens with zero attached hydrogens (tertiary/aromatic N) is 4. The summed E-state index contributed by atoms with van der Waals surface area (Å²) in [5.74, 6) is 1.31. The van der Waals surface area contributed by atoms with Gasteiger partial charge in [0.2, 0.25) is 5.95 Å². The van der Waals surface area contributed by atoms with Crippen molar-refractivity contribution in [2.75, 3.05) is 42.9 Å². The van der Waals surface area contributed by atoms with Crippen LogP contribution in [0.15, 0.2) is 6.20 Å². The third-order valence-electron chi connectivity index (χ3n) is 3.59. The molecule has 2 N–H and O–H groups in total. The zero-order valence-corrected chi connectivity index (χ0v) is 12.0. The standard InChI is InChI=1S/C12H17ClN6O/c1-2-14-11-15-6-9(13)10(17-11)18-3-4-19-8(7-18)5-16-12(19)20/h6,8H,2-5,7H2,1H3,(H,16,20)(H,14,15,17). The molecule has 1 unspecified atom stereocenters. The number of fused-ring (bicyclic) bond motifs is 1. The van der Waals surface area contributed by atoms with Gasteiger partial charge in [-0.2, -0.15) is 4.98 Å². The molecule has 2 saturated heterocycles. The van der Waals surface area contributed by atoms with Gasteiger partial charge in [-0.3, -0.25) is 0 Å². The second-order valence-corrected chi connectivity index (χ2v) is 5.28. The first-order valence-electron chi connectivity index (χ1n) is 6.75. The van der Waals surface area contributed by atoms with Crippen LogP contribution in [0.1, 0.15) is 6.92 Å². The minimum Gasteiger partial charge on any atom is -0.354 e. The van der Waals surface area contributed by atoms with Crippen molar-refractivity contribution >= 4 is 29.4 Å². The number of hydrogen-bond donors (Lipinski definition) is 2. The molecule has 3 heterocycles. The molecule has 1 aromatic heterocycles. The summed E-state index contributed by atoms with van der Waals surface area (Å²) in [6, 6.07) is 0.210. The molecule has 8 heteroatoms. The summed E-state index contributed by atoms with van der Waals surface area (Å²) in [5, 5.41) is 6.48. The maximum Gasteiger partial charge on any atom is 0.317 e. The third kappa shape index (κ3) is 2.33. The second kappa shape index (κ2) is 5.32. The van der Waals surface area contributed by atoms with E-state index in [-0.39, 0.29) is 12.1 Å². The number of rotatable bonds is 3. The van der Waals surface area contributed by atoms with E-state index in [1.54, 1.807) is 6.20 Å². The lowest BCUT2D eigenvalue weighted by Gasteiger charge is -2.37. The number of nitrogens with one attached hydrogen (secondary N) is 2. The molecule has 2 amide bonds. The number of amides is 2. The van der Waals surface area contributed by atoms with Gasteiger partial charge in [0, 0.05) is 32.7 Å². The summed E-state index contributed by atoms with van der Waals surface area (Å²) in [4.78, 5) is 24.2. The molecule has 0 saturated carbocycles. The summed E-state index contributed by atoms with van der Waals surface area (Å²) in [6.07, 6.45) is 1.62. The minimum atomic E-state index is 0.0248. The van der Waals surface area contributed by atoms with Crippen LogP contribution in [0.25, 0.3) is 0 Å². The van der Waals surface area contributed by atoms with Gasteiger partial charge in [0.05, 0.1) is 12.2 Å². The molecule has 1 atom stereocenters. The number of carbonyl (C=O) groups excluding carboxylic acids is 1. The van der Waals surface area contributed by atoms with Crippen molar-refractivity contribution in [3.05, 3.63) is 11.2 Å². The lowest BCUT2D eigenvalue weighted by molar-refractivity contribution is 0.197. The second-order valence-electron chi connectivity index (χ2n) is 4.87. The summed E-state index contributed by atoms with van der Waals surface area (Å²) >= 11 is 6.21. The molecule has 2 fully saturated rings. The lowest BCUT2D eigenvalue weighted by Crippen LogP contribution is -2.52. The van der Waals surface area contributed by atoms with E-state index >= 15 is 0 Å². The van der Waals surface area contributed by atoms with E-state index < -0.39 is 0 Å². The van der Waals surface area contributed by atoms with E-state index in [1.807, 2.05) is 11.8 Å². The van der Waals surface area contributed by atoms with E-state index in [1.165, 1.54) is 0 Å². The minimum absolute atomic E-state index is 0.0248. The van der Waals surface area contributed by atoms with Crippen molar-refractivity contribution in [3.63, 3.8) is 0 Å². The molecule has 108 valence electrons. The smallest absolute Gasteiger partial charge is 0.317 e. The molecule has 7 nitrogen and oxygen atoms in total. The fourth-order valence-electron chi connectivity index (χ4n) is 2.62. The Morgan fingerprint density at radius 2 is 2.40 bits per heavy atom. The highest BCUT2D eigenvalue weighted by atomic mass is 35.5. The van der Waals surface area contributed by atoms with E-state index in [2.05, 4.69) is 25.5 Å². The van der Waals surface area contributed by atoms with Crippen molar-refractivity contribution in [1.29, 1.82) is 0 Å². The SMILES string of the molecule is CCNc1ncc(Cl)c(N2CCN3C(=O)NCC3C2)n1. The Labute approximate surface area is 122 Å². The van der Waals surface area contributed by atoms with Crippen LogP contribution in [0.2, 0.25) is 5.02 Å². The molecule has 0 radical (unpaired) electrons. The Morgan fingerprint density at radius 1 is 1.55 bits per heavy atom. The van der Waals surface area contributed by atoms with E-state index in [4.69, 9.17) is 11.6 Å². The number of anilines is 2. The predicted molar refractivity (Wildman–Crippen MR) is 77.3 cm³/mol. The van der Waals surface area contributed by atoms with Crippen LogP contribution in [0.5, 0.6) is 0 Å². The number of piperazine rings is 1. The van der Waals surface area contributed by atoms with Gasteiger partial charge in [-0.1, -0.05) is 11.6 Å². The fraction of sp³-hybridized carbons (Fsp3) is 0.583. The van der Waals surface area contributed by atoms with Gasteiger partial charge in [-0.15, -0.1) is 0 Å². The Bertz CT molecular complexity index is 525. The zero-order valence-electron chi connectivity index (χ0n) is 11.3. The first kappa shape index (κ1) is 13.2. The molecule has 1 aromatic rings. The maximum absolute atomic E-state index is 11.6. The monoisotopic (exact) mass is 296 g/mol.